The first-order chi connectivity index (χ1) is 16.3. The number of ether oxygens (including phenoxy) is 3. The van der Waals surface area contributed by atoms with Crippen LogP contribution in [0, 0.1) is 0 Å². The average Bonchev–Trinajstić information content (AvgIpc) is 2.81. The van der Waals surface area contributed by atoms with Gasteiger partial charge in [0, 0.05) is 0 Å². The summed E-state index contributed by atoms with van der Waals surface area (Å²) >= 11 is -3.29. The van der Waals surface area contributed by atoms with E-state index in [0.29, 0.717) is 19.8 Å². The van der Waals surface area contributed by atoms with Crippen molar-refractivity contribution in [2.75, 3.05) is 13.2 Å². The van der Waals surface area contributed by atoms with Gasteiger partial charge in [0.15, 0.2) is 0 Å². The van der Waals surface area contributed by atoms with Gasteiger partial charge in [0.2, 0.25) is 0 Å². The van der Waals surface area contributed by atoms with Crippen LogP contribution in [0.2, 0.25) is 34.6 Å². The summed E-state index contributed by atoms with van der Waals surface area (Å²) in [6.45, 7) is 12.9. The molecule has 1 N–H and O–H groups in total. The normalized spacial score (nSPS) is 29.1. The number of aliphatic hydroxyl groups excluding tert-OH is 1. The molecule has 6 nitrogen and oxygen atoms in total. The van der Waals surface area contributed by atoms with E-state index < -0.39 is 45.8 Å². The molecule has 34 heavy (non-hydrogen) atoms. The maximum absolute atomic E-state index is 11.3. The van der Waals surface area contributed by atoms with Crippen LogP contribution in [0.25, 0.3) is 0 Å². The minimum absolute atomic E-state index is 0.283. The molecule has 1 aromatic carbocycles. The van der Waals surface area contributed by atoms with E-state index >= 15 is 0 Å². The van der Waals surface area contributed by atoms with Crippen LogP contribution in [0.15, 0.2) is 30.3 Å². The molecule has 2 saturated heterocycles. The Hall–Kier alpha value is -0.00442. The number of hydrogen-bond donors (Lipinski definition) is 1. The molecule has 0 unspecified atom stereocenters. The molecule has 3 rings (SSSR count). The molecule has 0 aliphatic carbocycles. The number of aliphatic hydroxyl groups is 1. The predicted molar refractivity (Wildman–Crippen MR) is 140 cm³/mol. The van der Waals surface area contributed by atoms with Gasteiger partial charge in [-0.15, -0.1) is 0 Å². The number of fused-ring (bicyclic) bond motifs is 1. The number of unbranched alkanes of at least 4 members (excludes halogenated alkanes) is 2. The monoisotopic (exact) mass is 602 g/mol. The van der Waals surface area contributed by atoms with Crippen molar-refractivity contribution >= 4 is 27.3 Å². The molecule has 194 valence electrons. The van der Waals surface area contributed by atoms with Gasteiger partial charge >= 0.3 is 213 Å². The Labute approximate surface area is 212 Å². The summed E-state index contributed by atoms with van der Waals surface area (Å²) in [6, 6.07) is 11.1. The number of rotatable bonds is 13. The molecule has 5 atom stereocenters. The zero-order chi connectivity index (χ0) is 24.6. The summed E-state index contributed by atoms with van der Waals surface area (Å²) in [5.74, 6) is 0. The van der Waals surface area contributed by atoms with Crippen LogP contribution in [0.5, 0.6) is 0 Å². The van der Waals surface area contributed by atoms with E-state index in [1.165, 1.54) is 0 Å². The van der Waals surface area contributed by atoms with E-state index in [2.05, 4.69) is 33.5 Å². The fourth-order valence-electron chi connectivity index (χ4n) is 4.54. The van der Waals surface area contributed by atoms with Gasteiger partial charge in [0.25, 0.3) is 0 Å². The molecular formula is C26H46O6SiSn. The van der Waals surface area contributed by atoms with Crippen LogP contribution in [-0.4, -0.2) is 76.3 Å². The third-order valence-corrected chi connectivity index (χ3v) is 18.8. The van der Waals surface area contributed by atoms with E-state index in [1.54, 1.807) is 0 Å². The van der Waals surface area contributed by atoms with Crippen LogP contribution in [-0.2, 0) is 27.0 Å². The van der Waals surface area contributed by atoms with Crippen molar-refractivity contribution in [1.29, 1.82) is 0 Å². The third-order valence-electron chi connectivity index (χ3n) is 6.72. The van der Waals surface area contributed by atoms with Crippen molar-refractivity contribution in [3.63, 3.8) is 0 Å². The molecule has 2 aliphatic rings. The second-order valence-corrected chi connectivity index (χ2v) is 26.2. The molecule has 0 spiro atoms. The molecule has 0 amide bonds. The maximum atomic E-state index is 11.3. The average molecular weight is 601 g/mol. The van der Waals surface area contributed by atoms with Gasteiger partial charge in [-0.1, -0.05) is 0 Å². The predicted octanol–water partition coefficient (Wildman–Crippen LogP) is 5.47. The second kappa shape index (κ2) is 13.5. The molecule has 1 aromatic rings. The van der Waals surface area contributed by atoms with E-state index in [9.17, 15) is 5.11 Å². The first-order valence-corrected chi connectivity index (χ1v) is 23.3. The molecule has 2 fully saturated rings. The third kappa shape index (κ3) is 8.26. The van der Waals surface area contributed by atoms with E-state index in [1.807, 2.05) is 30.3 Å². The van der Waals surface area contributed by atoms with Crippen LogP contribution < -0.4 is 0 Å². The van der Waals surface area contributed by atoms with Gasteiger partial charge in [0.05, 0.1) is 0 Å². The van der Waals surface area contributed by atoms with Gasteiger partial charge in [-0.05, 0) is 0 Å². The van der Waals surface area contributed by atoms with Gasteiger partial charge in [0.1, 0.15) is 0 Å². The standard InChI is InChI=1S/C18H28O6Si.2C4H9.Sn/c1-25(2,3)10-9-22-18-16(21)17(15(20)14(11-19)24-18)23-12-13-7-5-4-6-8-13;2*1-3-4-2;/h4-8,14-18,21H,9-12H2,1-3H3;2*1,3-4H2,2H3;/q-2;;;+2/t14-,15+,16-,17+,18-;;;/m1.../s1. The summed E-state index contributed by atoms with van der Waals surface area (Å²) in [5, 5.41) is 11.3. The van der Waals surface area contributed by atoms with Crippen molar-refractivity contribution in [1.82, 2.24) is 0 Å². The van der Waals surface area contributed by atoms with Crippen LogP contribution in [0.3, 0.4) is 0 Å². The van der Waals surface area contributed by atoms with Gasteiger partial charge in [-0.25, -0.2) is 0 Å². The number of benzene rings is 1. The quantitative estimate of drug-likeness (QED) is 0.303. The van der Waals surface area contributed by atoms with Crippen LogP contribution >= 0.6 is 0 Å². The Bertz CT molecular complexity index is 707. The fraction of sp³-hybridized carbons (Fsp3) is 0.769. The molecule has 0 bridgehead atoms. The molecular weight excluding hydrogens is 555 g/mol. The topological polar surface area (TPSA) is 66.4 Å². The SMILES string of the molecule is CCC[CH2][Sn]1([CH2]CCC)[O]C[C@H]2O[C@@H](OCC[Si](C)(C)C)[C@H](O)[C@@H](OCc3ccccc3)[C@H]2[O]1. The van der Waals surface area contributed by atoms with E-state index in [0.717, 1.165) is 46.2 Å². The van der Waals surface area contributed by atoms with Crippen LogP contribution in [0.1, 0.15) is 45.1 Å². The summed E-state index contributed by atoms with van der Waals surface area (Å²) in [7, 11) is -1.25. The van der Waals surface area contributed by atoms with E-state index in [4.69, 9.17) is 20.4 Å². The van der Waals surface area contributed by atoms with Crippen molar-refractivity contribution in [2.24, 2.45) is 0 Å². The summed E-state index contributed by atoms with van der Waals surface area (Å²) in [5.41, 5.74) is 1.08. The first-order valence-electron chi connectivity index (χ1n) is 13.2. The van der Waals surface area contributed by atoms with Crippen molar-refractivity contribution < 1.29 is 25.5 Å². The first kappa shape index (κ1) is 28.6. The number of hydrogen-bond acceptors (Lipinski definition) is 6. The Morgan fingerprint density at radius 1 is 1.03 bits per heavy atom. The van der Waals surface area contributed by atoms with Crippen molar-refractivity contribution in [3.8, 4) is 0 Å². The Morgan fingerprint density at radius 3 is 2.32 bits per heavy atom. The Morgan fingerprint density at radius 2 is 1.71 bits per heavy atom. The summed E-state index contributed by atoms with van der Waals surface area (Å²) in [6.07, 6.45) is 1.79. The molecule has 8 heteroatoms. The molecule has 0 aromatic heterocycles. The van der Waals surface area contributed by atoms with Gasteiger partial charge in [-0.3, -0.25) is 0 Å². The minimum atomic E-state index is -3.29. The Kier molecular flexibility index (Phi) is 11.4. The zero-order valence-electron chi connectivity index (χ0n) is 21.8. The van der Waals surface area contributed by atoms with E-state index in [-0.39, 0.29) is 12.2 Å². The van der Waals surface area contributed by atoms with Crippen molar-refractivity contribution in [3.05, 3.63) is 35.9 Å². The van der Waals surface area contributed by atoms with Gasteiger partial charge < -0.3 is 0 Å². The second-order valence-electron chi connectivity index (χ2n) is 11.0. The Balaban J connectivity index is 1.76. The molecule has 0 saturated carbocycles. The zero-order valence-corrected chi connectivity index (χ0v) is 25.7. The fourth-order valence-corrected chi connectivity index (χ4v) is 16.3. The van der Waals surface area contributed by atoms with Gasteiger partial charge in [-0.2, -0.15) is 0 Å². The van der Waals surface area contributed by atoms with Crippen molar-refractivity contribution in [2.45, 2.75) is 111 Å². The van der Waals surface area contributed by atoms with Crippen LogP contribution in [0.4, 0.5) is 0 Å². The molecule has 0 radical (unpaired) electrons. The molecule has 2 aliphatic heterocycles. The summed E-state index contributed by atoms with van der Waals surface area (Å²) < 4.78 is 34.3. The molecule has 2 heterocycles. The summed E-state index contributed by atoms with van der Waals surface area (Å²) in [4.78, 5) is 0.